The minimum Gasteiger partial charge on any atom is -0.495 e. The number of ether oxygens (including phenoxy) is 1. The van der Waals surface area contributed by atoms with Crippen LogP contribution in [0.2, 0.25) is 0 Å². The van der Waals surface area contributed by atoms with Crippen molar-refractivity contribution in [2.45, 2.75) is 23.5 Å². The van der Waals surface area contributed by atoms with Crippen LogP contribution in [0.1, 0.15) is 23.0 Å². The van der Waals surface area contributed by atoms with Crippen LogP contribution in [-0.4, -0.2) is 80.4 Å². The van der Waals surface area contributed by atoms with Gasteiger partial charge in [-0.1, -0.05) is 18.9 Å². The van der Waals surface area contributed by atoms with Crippen molar-refractivity contribution in [3.8, 4) is 17.6 Å². The summed E-state index contributed by atoms with van der Waals surface area (Å²) >= 11 is -0.278. The summed E-state index contributed by atoms with van der Waals surface area (Å²) < 4.78 is 58.4. The van der Waals surface area contributed by atoms with Gasteiger partial charge in [-0.25, -0.2) is 8.91 Å². The number of nitrogens with one attached hydrogen (secondary N) is 2. The molecule has 0 spiro atoms. The lowest BCUT2D eigenvalue weighted by molar-refractivity contribution is -0.0327. The molecule has 1 saturated heterocycles. The maximum atomic E-state index is 13.1. The van der Waals surface area contributed by atoms with Crippen molar-refractivity contribution in [1.29, 1.82) is 0 Å². The maximum Gasteiger partial charge on any atom is 0.446 e. The second-order valence-electron chi connectivity index (χ2n) is 10.0. The number of benzene rings is 1. The minimum absolute atomic E-state index is 0.0182. The van der Waals surface area contributed by atoms with Crippen LogP contribution in [0.25, 0.3) is 5.52 Å². The Bertz CT molecular complexity index is 1410. The highest BCUT2D eigenvalue weighted by molar-refractivity contribution is 8.00. The van der Waals surface area contributed by atoms with Crippen molar-refractivity contribution >= 4 is 35.1 Å². The van der Waals surface area contributed by atoms with Gasteiger partial charge in [-0.2, -0.15) is 18.3 Å². The summed E-state index contributed by atoms with van der Waals surface area (Å²) in [7, 11) is 7.22. The molecule has 2 aromatic heterocycles. The number of hydrogen-bond acceptors (Lipinski definition) is 8. The molecule has 13 heteroatoms. The lowest BCUT2D eigenvalue weighted by Crippen LogP contribution is -2.35. The number of nitrogen functional groups attached to an aromatic ring is 1. The number of hydrogen-bond donors (Lipinski definition) is 3. The fourth-order valence-electron chi connectivity index (χ4n) is 4.88. The number of methoxy groups -OCH3 is 1. The Morgan fingerprint density at radius 2 is 1.95 bits per heavy atom. The summed E-state index contributed by atoms with van der Waals surface area (Å²) in [4.78, 5) is 12.8. The zero-order valence-corrected chi connectivity index (χ0v) is 24.9. The predicted octanol–water partition coefficient (Wildman–Crippen LogP) is 4.80. The smallest absolute Gasteiger partial charge is 0.446 e. The van der Waals surface area contributed by atoms with Crippen molar-refractivity contribution in [1.82, 2.24) is 19.8 Å². The van der Waals surface area contributed by atoms with Gasteiger partial charge in [0.25, 0.3) is 0 Å². The Morgan fingerprint density at radius 3 is 2.57 bits per heavy atom. The fraction of sp³-hybridized carbons (Fsp3) is 0.448. The molecule has 3 unspecified atom stereocenters. The van der Waals surface area contributed by atoms with Crippen LogP contribution in [0, 0.1) is 29.6 Å². The Morgan fingerprint density at radius 1 is 1.24 bits per heavy atom. The number of carbonyl (C=O) groups excluding carboxylic acids is 1. The van der Waals surface area contributed by atoms with E-state index in [9.17, 15) is 22.4 Å². The molecular formula is C29H36F4N6O2S. The van der Waals surface area contributed by atoms with Crippen LogP contribution in [-0.2, 0) is 0 Å². The summed E-state index contributed by atoms with van der Waals surface area (Å²) in [5.74, 6) is 7.81. The van der Waals surface area contributed by atoms with Crippen LogP contribution in [0.4, 0.5) is 29.1 Å². The van der Waals surface area contributed by atoms with Crippen LogP contribution < -0.4 is 21.1 Å². The van der Waals surface area contributed by atoms with Gasteiger partial charge >= 0.3 is 5.51 Å². The highest BCUT2D eigenvalue weighted by atomic mass is 32.2. The van der Waals surface area contributed by atoms with E-state index in [2.05, 4.69) is 39.4 Å². The molecule has 3 heterocycles. The van der Waals surface area contributed by atoms with Gasteiger partial charge in [0.1, 0.15) is 29.7 Å². The number of anilines is 2. The summed E-state index contributed by atoms with van der Waals surface area (Å²) in [6, 6.07) is 9.41. The lowest BCUT2D eigenvalue weighted by Gasteiger charge is -2.23. The number of halogens is 4. The van der Waals surface area contributed by atoms with E-state index in [1.165, 1.54) is 23.8 Å². The Labute approximate surface area is 247 Å². The molecule has 228 valence electrons. The molecule has 5 rings (SSSR count). The number of likely N-dealkylation sites (tertiary alicyclic amines) is 1. The number of thioether (sulfide) groups is 1. The van der Waals surface area contributed by atoms with Crippen molar-refractivity contribution in [2.24, 2.45) is 17.8 Å². The molecule has 42 heavy (non-hydrogen) atoms. The van der Waals surface area contributed by atoms with Gasteiger partial charge in [-0.15, -0.1) is 0 Å². The largest absolute Gasteiger partial charge is 0.495 e. The third-order valence-electron chi connectivity index (χ3n) is 6.86. The zero-order chi connectivity index (χ0) is 31.0. The van der Waals surface area contributed by atoms with E-state index in [0.717, 1.165) is 6.54 Å². The minimum atomic E-state index is -4.49. The Hall–Kier alpha value is -3.47. The van der Waals surface area contributed by atoms with Crippen LogP contribution in [0.5, 0.6) is 5.75 Å². The number of pyridine rings is 1. The molecule has 3 aromatic rings. The lowest BCUT2D eigenvalue weighted by atomic mass is 10.1. The Balaban J connectivity index is 0.000000306. The monoisotopic (exact) mass is 608 g/mol. The van der Waals surface area contributed by atoms with Gasteiger partial charge in [0.05, 0.1) is 29.8 Å². The number of nitrogens with zero attached hydrogens (tertiary/aromatic N) is 3. The number of aromatic nitrogens is 2. The van der Waals surface area contributed by atoms with Gasteiger partial charge in [-0.05, 0) is 86.9 Å². The van der Waals surface area contributed by atoms with E-state index >= 15 is 0 Å². The van der Waals surface area contributed by atoms with E-state index in [1.54, 1.807) is 24.3 Å². The number of alkyl halides is 4. The first-order valence-electron chi connectivity index (χ1n) is 13.2. The first-order valence-corrected chi connectivity index (χ1v) is 14.1. The average Bonchev–Trinajstić information content (AvgIpc) is 3.45. The number of piperidine rings is 1. The number of aldehydes is 1. The van der Waals surface area contributed by atoms with Crippen molar-refractivity contribution < 1.29 is 27.1 Å². The van der Waals surface area contributed by atoms with E-state index < -0.39 is 11.7 Å². The molecule has 4 atom stereocenters. The molecule has 1 aromatic carbocycles. The maximum absolute atomic E-state index is 13.1. The van der Waals surface area contributed by atoms with E-state index in [0.29, 0.717) is 47.6 Å². The van der Waals surface area contributed by atoms with Crippen molar-refractivity contribution in [3.63, 3.8) is 0 Å². The molecule has 8 nitrogen and oxygen atoms in total. The second-order valence-corrected chi connectivity index (χ2v) is 11.1. The van der Waals surface area contributed by atoms with Crippen molar-refractivity contribution in [2.75, 3.05) is 58.9 Å². The van der Waals surface area contributed by atoms with Gasteiger partial charge < -0.3 is 26.0 Å². The third-order valence-corrected chi connectivity index (χ3v) is 7.70. The van der Waals surface area contributed by atoms with E-state index in [4.69, 9.17) is 10.5 Å². The average molecular weight is 609 g/mol. The molecule has 0 bridgehead atoms. The highest BCUT2D eigenvalue weighted by Gasteiger charge is 2.54. The van der Waals surface area contributed by atoms with Gasteiger partial charge in [-0.3, -0.25) is 4.79 Å². The molecule has 1 saturated carbocycles. The molecule has 0 amide bonds. The summed E-state index contributed by atoms with van der Waals surface area (Å²) in [6.07, 6.45) is 0.153. The molecule has 1 aliphatic carbocycles. The summed E-state index contributed by atoms with van der Waals surface area (Å²) in [6.45, 7) is 4.06. The molecule has 0 radical (unpaired) electrons. The topological polar surface area (TPSA) is 96.9 Å². The number of rotatable bonds is 5. The molecular weight excluding hydrogens is 572 g/mol. The first-order chi connectivity index (χ1) is 19.9. The van der Waals surface area contributed by atoms with Crippen molar-refractivity contribution in [3.05, 3.63) is 47.7 Å². The summed E-state index contributed by atoms with van der Waals surface area (Å²) in [5, 5.41) is 9.85. The third kappa shape index (κ3) is 8.53. The fourth-order valence-corrected chi connectivity index (χ4v) is 5.56. The quantitative estimate of drug-likeness (QED) is 0.165. The van der Waals surface area contributed by atoms with E-state index in [1.807, 2.05) is 21.1 Å². The SMILES string of the molecule is CNC.COc1cc(C=O)ccc1NCC#Cc1nn2c(N)cccc2c1SC(F)(F)F.C[C@@H]1C2CN(C)CC(F)C21. The molecule has 2 fully saturated rings. The molecule has 4 N–H and O–H groups in total. The standard InChI is InChI=1S/C19H15F3N4O2S.C8H14FN.C2H7N/c1-28-16-10-12(11-27)7-8-13(16)24-9-3-4-14-18(29-19(20,21)22)15-5-2-6-17(23)26(15)25-14;1-5-6-3-10(2)4-7(9)8(5)6;1-3-2/h2,5-8,10-11,24H,9,23H2,1H3;5-8H,3-4H2,1-2H3;3H,1-2H3/t;5-,6?,7?,8?;/m.1./s1. The normalized spacial score (nSPS) is 21.0. The summed E-state index contributed by atoms with van der Waals surface area (Å²) in [5.41, 5.74) is 2.57. The van der Waals surface area contributed by atoms with Crippen LogP contribution >= 0.6 is 11.8 Å². The number of fused-ring (bicyclic) bond motifs is 2. The second kappa shape index (κ2) is 14.6. The Kier molecular flexibility index (Phi) is 11.5. The van der Waals surface area contributed by atoms with Crippen LogP contribution in [0.15, 0.2) is 41.3 Å². The zero-order valence-electron chi connectivity index (χ0n) is 24.1. The molecule has 2 aliphatic rings. The highest BCUT2D eigenvalue weighted by Crippen LogP contribution is 2.51. The van der Waals surface area contributed by atoms with Gasteiger partial charge in [0.2, 0.25) is 0 Å². The van der Waals surface area contributed by atoms with Crippen LogP contribution in [0.3, 0.4) is 0 Å². The number of nitrogens with two attached hydrogens (primary N) is 1. The molecule has 1 aliphatic heterocycles. The predicted molar refractivity (Wildman–Crippen MR) is 159 cm³/mol. The number of carbonyl (C=O) groups is 1. The van der Waals surface area contributed by atoms with Gasteiger partial charge in [0.15, 0.2) is 0 Å². The van der Waals surface area contributed by atoms with E-state index in [-0.39, 0.29) is 40.2 Å². The first kappa shape index (κ1) is 33.0. The van der Waals surface area contributed by atoms with Gasteiger partial charge in [0, 0.05) is 18.7 Å².